The molecular formula is C18H19N5O2S. The predicted octanol–water partition coefficient (Wildman–Crippen LogP) is 2.32. The Hall–Kier alpha value is -2.74. The fraction of sp³-hybridized carbons (Fsp3) is 0.278. The molecule has 1 amide bonds. The molecule has 7 nitrogen and oxygen atoms in total. The molecule has 4 rings (SSSR count). The van der Waals surface area contributed by atoms with Crippen LogP contribution in [0.4, 0.5) is 0 Å². The standard InChI is InChI=1S/C18H19N5O2S/c1-12(17(24)22-9-8-13-5-2-3-6-14(13)11-22)26-18-21-20-16(23(18)19)15-7-4-10-25-15/h2-7,10,12H,8-9,11,19H2,1H3/t12-/m1/s1. The Balaban J connectivity index is 1.46. The van der Waals surface area contributed by atoms with Crippen molar-refractivity contribution in [2.45, 2.75) is 30.3 Å². The van der Waals surface area contributed by atoms with Gasteiger partial charge in [-0.3, -0.25) is 4.79 Å². The van der Waals surface area contributed by atoms with Crippen LogP contribution >= 0.6 is 11.8 Å². The average molecular weight is 369 g/mol. The lowest BCUT2D eigenvalue weighted by Gasteiger charge is -2.30. The Morgan fingerprint density at radius 2 is 2.04 bits per heavy atom. The topological polar surface area (TPSA) is 90.2 Å². The molecule has 3 heterocycles. The molecule has 0 aliphatic carbocycles. The van der Waals surface area contributed by atoms with Gasteiger partial charge in [-0.25, -0.2) is 4.68 Å². The van der Waals surface area contributed by atoms with Gasteiger partial charge in [-0.1, -0.05) is 36.0 Å². The number of nitrogens with zero attached hydrogens (tertiary/aromatic N) is 4. The normalized spacial score (nSPS) is 14.9. The van der Waals surface area contributed by atoms with E-state index >= 15 is 0 Å². The van der Waals surface area contributed by atoms with Gasteiger partial charge in [0.2, 0.25) is 16.9 Å². The molecule has 0 bridgehead atoms. The van der Waals surface area contributed by atoms with Gasteiger partial charge in [0.1, 0.15) is 0 Å². The van der Waals surface area contributed by atoms with Gasteiger partial charge < -0.3 is 15.2 Å². The van der Waals surface area contributed by atoms with Crippen molar-refractivity contribution in [3.63, 3.8) is 0 Å². The zero-order chi connectivity index (χ0) is 18.1. The summed E-state index contributed by atoms with van der Waals surface area (Å²) in [5.74, 6) is 7.12. The van der Waals surface area contributed by atoms with Crippen molar-refractivity contribution in [1.29, 1.82) is 0 Å². The number of hydrogen-bond acceptors (Lipinski definition) is 6. The maximum absolute atomic E-state index is 12.8. The lowest BCUT2D eigenvalue weighted by molar-refractivity contribution is -0.131. The van der Waals surface area contributed by atoms with Crippen LogP contribution in [0, 0.1) is 0 Å². The summed E-state index contributed by atoms with van der Waals surface area (Å²) in [4.78, 5) is 14.7. The van der Waals surface area contributed by atoms with E-state index in [0.29, 0.717) is 23.3 Å². The first kappa shape index (κ1) is 16.7. The van der Waals surface area contributed by atoms with E-state index in [2.05, 4.69) is 22.3 Å². The van der Waals surface area contributed by atoms with Crippen LogP contribution in [0.5, 0.6) is 0 Å². The number of furan rings is 1. The Morgan fingerprint density at radius 1 is 1.23 bits per heavy atom. The SMILES string of the molecule is C[C@@H](Sc1nnc(-c2ccco2)n1N)C(=O)N1CCc2ccccc2C1. The predicted molar refractivity (Wildman–Crippen MR) is 98.8 cm³/mol. The van der Waals surface area contributed by atoms with Gasteiger partial charge in [0, 0.05) is 13.1 Å². The molecule has 1 aromatic carbocycles. The second-order valence-electron chi connectivity index (χ2n) is 6.19. The van der Waals surface area contributed by atoms with Crippen molar-refractivity contribution >= 4 is 17.7 Å². The molecule has 0 fully saturated rings. The summed E-state index contributed by atoms with van der Waals surface area (Å²) in [6, 6.07) is 11.8. The fourth-order valence-corrected chi connectivity index (χ4v) is 3.93. The van der Waals surface area contributed by atoms with E-state index in [1.165, 1.54) is 27.6 Å². The first-order valence-corrected chi connectivity index (χ1v) is 9.28. The van der Waals surface area contributed by atoms with Crippen LogP contribution in [0.2, 0.25) is 0 Å². The quantitative estimate of drug-likeness (QED) is 0.561. The van der Waals surface area contributed by atoms with Gasteiger partial charge in [-0.05, 0) is 36.6 Å². The van der Waals surface area contributed by atoms with E-state index in [0.717, 1.165) is 13.0 Å². The minimum absolute atomic E-state index is 0.0760. The molecule has 0 unspecified atom stereocenters. The number of carbonyl (C=O) groups excluding carboxylic acids is 1. The van der Waals surface area contributed by atoms with E-state index in [-0.39, 0.29) is 11.2 Å². The highest BCUT2D eigenvalue weighted by atomic mass is 32.2. The lowest BCUT2D eigenvalue weighted by atomic mass is 10.00. The summed E-state index contributed by atoms with van der Waals surface area (Å²) >= 11 is 1.30. The third kappa shape index (κ3) is 3.08. The summed E-state index contributed by atoms with van der Waals surface area (Å²) in [5, 5.41) is 8.33. The third-order valence-electron chi connectivity index (χ3n) is 4.48. The van der Waals surface area contributed by atoms with Crippen LogP contribution < -0.4 is 5.84 Å². The summed E-state index contributed by atoms with van der Waals surface area (Å²) in [6.45, 7) is 3.25. The Bertz CT molecular complexity index is 922. The fourth-order valence-electron chi connectivity index (χ4n) is 3.08. The van der Waals surface area contributed by atoms with Crippen LogP contribution in [-0.2, 0) is 17.8 Å². The molecule has 134 valence electrons. The number of amides is 1. The van der Waals surface area contributed by atoms with E-state index in [1.807, 2.05) is 24.0 Å². The smallest absolute Gasteiger partial charge is 0.236 e. The number of carbonyl (C=O) groups is 1. The van der Waals surface area contributed by atoms with Crippen molar-refractivity contribution < 1.29 is 9.21 Å². The summed E-state index contributed by atoms with van der Waals surface area (Å²) in [5.41, 5.74) is 2.54. The number of hydrogen-bond donors (Lipinski definition) is 1. The zero-order valence-corrected chi connectivity index (χ0v) is 15.1. The van der Waals surface area contributed by atoms with Crippen molar-refractivity contribution in [1.82, 2.24) is 19.8 Å². The second kappa shape index (κ2) is 6.87. The molecule has 1 aliphatic heterocycles. The Morgan fingerprint density at radius 3 is 2.81 bits per heavy atom. The van der Waals surface area contributed by atoms with Crippen LogP contribution in [0.3, 0.4) is 0 Å². The van der Waals surface area contributed by atoms with E-state index in [1.54, 1.807) is 18.4 Å². The molecule has 0 saturated heterocycles. The largest absolute Gasteiger partial charge is 0.461 e. The summed E-state index contributed by atoms with van der Waals surface area (Å²) in [6.07, 6.45) is 2.44. The minimum atomic E-state index is -0.309. The number of nitrogen functional groups attached to an aromatic ring is 1. The lowest BCUT2D eigenvalue weighted by Crippen LogP contribution is -2.40. The van der Waals surface area contributed by atoms with Crippen molar-refractivity contribution in [2.75, 3.05) is 12.4 Å². The van der Waals surface area contributed by atoms with Gasteiger partial charge in [-0.15, -0.1) is 10.2 Å². The van der Waals surface area contributed by atoms with Gasteiger partial charge in [-0.2, -0.15) is 0 Å². The van der Waals surface area contributed by atoms with E-state index in [4.69, 9.17) is 10.3 Å². The minimum Gasteiger partial charge on any atom is -0.461 e. The molecule has 2 aromatic heterocycles. The maximum Gasteiger partial charge on any atom is 0.236 e. The highest BCUT2D eigenvalue weighted by Crippen LogP contribution is 2.27. The molecule has 1 atom stereocenters. The number of benzene rings is 1. The van der Waals surface area contributed by atoms with Crippen molar-refractivity contribution in [3.8, 4) is 11.6 Å². The van der Waals surface area contributed by atoms with Crippen molar-refractivity contribution in [3.05, 3.63) is 53.8 Å². The van der Waals surface area contributed by atoms with E-state index in [9.17, 15) is 4.79 Å². The Kier molecular flexibility index (Phi) is 4.42. The van der Waals surface area contributed by atoms with Gasteiger partial charge >= 0.3 is 0 Å². The number of fused-ring (bicyclic) bond motifs is 1. The molecule has 26 heavy (non-hydrogen) atoms. The van der Waals surface area contributed by atoms with Crippen LogP contribution in [-0.4, -0.2) is 37.5 Å². The number of thioether (sulfide) groups is 1. The molecular weight excluding hydrogens is 350 g/mol. The van der Waals surface area contributed by atoms with Crippen LogP contribution in [0.1, 0.15) is 18.1 Å². The number of aromatic nitrogens is 3. The second-order valence-corrected chi connectivity index (χ2v) is 7.50. The number of rotatable bonds is 4. The van der Waals surface area contributed by atoms with Gasteiger partial charge in [0.25, 0.3) is 0 Å². The Labute approximate surface area is 155 Å². The van der Waals surface area contributed by atoms with E-state index < -0.39 is 0 Å². The van der Waals surface area contributed by atoms with Gasteiger partial charge in [0.15, 0.2) is 5.76 Å². The maximum atomic E-state index is 12.8. The third-order valence-corrected chi connectivity index (χ3v) is 5.52. The highest BCUT2D eigenvalue weighted by molar-refractivity contribution is 8.00. The molecule has 0 spiro atoms. The molecule has 1 aliphatic rings. The highest BCUT2D eigenvalue weighted by Gasteiger charge is 2.27. The molecule has 2 N–H and O–H groups in total. The van der Waals surface area contributed by atoms with Gasteiger partial charge in [0.05, 0.1) is 11.5 Å². The molecule has 0 radical (unpaired) electrons. The van der Waals surface area contributed by atoms with Crippen LogP contribution in [0.15, 0.2) is 52.2 Å². The monoisotopic (exact) mass is 369 g/mol. The summed E-state index contributed by atoms with van der Waals surface area (Å²) in [7, 11) is 0. The summed E-state index contributed by atoms with van der Waals surface area (Å²) < 4.78 is 6.67. The van der Waals surface area contributed by atoms with Crippen LogP contribution in [0.25, 0.3) is 11.6 Å². The molecule has 8 heteroatoms. The number of nitrogens with two attached hydrogens (primary N) is 1. The molecule has 0 saturated carbocycles. The first-order valence-electron chi connectivity index (χ1n) is 8.40. The average Bonchev–Trinajstić information content (AvgIpc) is 3.31. The first-order chi connectivity index (χ1) is 12.6. The van der Waals surface area contributed by atoms with Crippen molar-refractivity contribution in [2.24, 2.45) is 0 Å². The zero-order valence-electron chi connectivity index (χ0n) is 14.3. The molecule has 3 aromatic rings.